The Kier molecular flexibility index (Phi) is 6.14. The number of hydrogen-bond donors (Lipinski definition) is 1. The van der Waals surface area contributed by atoms with Crippen LogP contribution in [0.15, 0.2) is 53.7 Å². The van der Waals surface area contributed by atoms with Crippen LogP contribution in [0.25, 0.3) is 5.69 Å². The van der Waals surface area contributed by atoms with E-state index >= 15 is 0 Å². The number of hydrogen-bond acceptors (Lipinski definition) is 7. The lowest BCUT2D eigenvalue weighted by Gasteiger charge is -2.11. The van der Waals surface area contributed by atoms with E-state index in [1.807, 2.05) is 69.3 Å². The van der Waals surface area contributed by atoms with Crippen molar-refractivity contribution in [3.05, 3.63) is 82.4 Å². The number of aryl methyl sites for hydroxylation is 3. The van der Waals surface area contributed by atoms with Gasteiger partial charge >= 0.3 is 0 Å². The Hall–Kier alpha value is -3.77. The van der Waals surface area contributed by atoms with Gasteiger partial charge in [0.05, 0.1) is 22.6 Å². The predicted octanol–water partition coefficient (Wildman–Crippen LogP) is 3.85. The molecule has 0 bridgehead atoms. The molecule has 2 heterocycles. The molecule has 0 amide bonds. The van der Waals surface area contributed by atoms with Crippen LogP contribution in [0.3, 0.4) is 0 Å². The number of aromatic nitrogens is 5. The van der Waals surface area contributed by atoms with Gasteiger partial charge in [0.1, 0.15) is 18.4 Å². The Balaban J connectivity index is 1.52. The fraction of sp³-hybridized carbons (Fsp3) is 0.217. The Bertz CT molecular complexity index is 1270. The van der Waals surface area contributed by atoms with Crippen molar-refractivity contribution in [3.8, 4) is 17.5 Å². The van der Waals surface area contributed by atoms with Crippen LogP contribution >= 0.6 is 11.8 Å². The first kappa shape index (κ1) is 21.5. The van der Waals surface area contributed by atoms with Gasteiger partial charge in [0, 0.05) is 5.75 Å². The highest BCUT2D eigenvalue weighted by Crippen LogP contribution is 2.27. The van der Waals surface area contributed by atoms with Crippen molar-refractivity contribution in [2.24, 2.45) is 0 Å². The summed E-state index contributed by atoms with van der Waals surface area (Å²) in [5, 5.41) is 23.1. The molecule has 0 saturated carbocycles. The van der Waals surface area contributed by atoms with Gasteiger partial charge in [-0.2, -0.15) is 10.4 Å². The van der Waals surface area contributed by atoms with E-state index in [9.17, 15) is 5.26 Å². The van der Waals surface area contributed by atoms with E-state index in [2.05, 4.69) is 21.4 Å². The van der Waals surface area contributed by atoms with Gasteiger partial charge in [-0.25, -0.2) is 9.36 Å². The summed E-state index contributed by atoms with van der Waals surface area (Å²) in [4.78, 5) is 0. The van der Waals surface area contributed by atoms with Gasteiger partial charge in [-0.15, -0.1) is 10.2 Å². The van der Waals surface area contributed by atoms with Gasteiger partial charge in [0.2, 0.25) is 5.16 Å². The zero-order valence-corrected chi connectivity index (χ0v) is 18.9. The summed E-state index contributed by atoms with van der Waals surface area (Å²) < 4.78 is 9.18. The monoisotopic (exact) mass is 445 g/mol. The SMILES string of the molecule is Cc1cccc(C)c1OCc1nnc(SCc2c(C#N)c(C)nn2-c2ccccc2)n1N. The smallest absolute Gasteiger partial charge is 0.210 e. The minimum Gasteiger partial charge on any atom is -0.485 e. The summed E-state index contributed by atoms with van der Waals surface area (Å²) in [6.45, 7) is 6.05. The summed E-state index contributed by atoms with van der Waals surface area (Å²) in [6, 6.07) is 18.0. The van der Waals surface area contributed by atoms with Crippen molar-refractivity contribution in [2.75, 3.05) is 5.84 Å². The third kappa shape index (κ3) is 4.18. The molecule has 0 radical (unpaired) electrons. The highest BCUT2D eigenvalue weighted by molar-refractivity contribution is 7.98. The highest BCUT2D eigenvalue weighted by atomic mass is 32.2. The first-order valence-corrected chi connectivity index (χ1v) is 11.0. The van der Waals surface area contributed by atoms with Crippen molar-refractivity contribution < 1.29 is 4.74 Å². The number of nitrogens with zero attached hydrogens (tertiary/aromatic N) is 6. The third-order valence-electron chi connectivity index (χ3n) is 5.10. The average Bonchev–Trinajstić information content (AvgIpc) is 3.31. The van der Waals surface area contributed by atoms with Crippen LogP contribution < -0.4 is 10.6 Å². The minimum atomic E-state index is 0.209. The first-order chi connectivity index (χ1) is 15.5. The molecule has 0 aliphatic heterocycles. The van der Waals surface area contributed by atoms with E-state index < -0.39 is 0 Å². The van der Waals surface area contributed by atoms with Crippen LogP contribution in [0.2, 0.25) is 0 Å². The Labute approximate surface area is 190 Å². The number of nitriles is 1. The van der Waals surface area contributed by atoms with Gasteiger partial charge in [-0.05, 0) is 44.0 Å². The van der Waals surface area contributed by atoms with Gasteiger partial charge in [-0.1, -0.05) is 48.2 Å². The van der Waals surface area contributed by atoms with E-state index in [0.717, 1.165) is 28.3 Å². The summed E-state index contributed by atoms with van der Waals surface area (Å²) in [7, 11) is 0. The van der Waals surface area contributed by atoms with E-state index in [-0.39, 0.29) is 6.61 Å². The Morgan fingerprint density at radius 2 is 1.75 bits per heavy atom. The lowest BCUT2D eigenvalue weighted by atomic mass is 10.1. The molecule has 0 fully saturated rings. The molecule has 0 aliphatic carbocycles. The number of nitrogens with two attached hydrogens (primary N) is 1. The second kappa shape index (κ2) is 9.16. The summed E-state index contributed by atoms with van der Waals surface area (Å²) >= 11 is 1.40. The molecule has 0 atom stereocenters. The summed E-state index contributed by atoms with van der Waals surface area (Å²) in [5.74, 6) is 8.04. The molecule has 9 heteroatoms. The van der Waals surface area contributed by atoms with E-state index in [0.29, 0.717) is 28.0 Å². The fourth-order valence-corrected chi connectivity index (χ4v) is 4.31. The minimum absolute atomic E-state index is 0.209. The zero-order valence-electron chi connectivity index (χ0n) is 18.1. The highest BCUT2D eigenvalue weighted by Gasteiger charge is 2.19. The first-order valence-electron chi connectivity index (χ1n) is 10.0. The Morgan fingerprint density at radius 3 is 2.44 bits per heavy atom. The number of para-hydroxylation sites is 2. The lowest BCUT2D eigenvalue weighted by Crippen LogP contribution is -2.16. The van der Waals surface area contributed by atoms with Crippen LogP contribution in [0.5, 0.6) is 5.75 Å². The van der Waals surface area contributed by atoms with Crippen LogP contribution in [-0.4, -0.2) is 24.7 Å². The van der Waals surface area contributed by atoms with Crippen LogP contribution in [-0.2, 0) is 12.4 Å². The molecule has 0 aliphatic rings. The maximum Gasteiger partial charge on any atom is 0.210 e. The summed E-state index contributed by atoms with van der Waals surface area (Å²) in [6.07, 6.45) is 0. The summed E-state index contributed by atoms with van der Waals surface area (Å²) in [5.41, 5.74) is 5.03. The maximum atomic E-state index is 9.65. The quantitative estimate of drug-likeness (QED) is 0.340. The third-order valence-corrected chi connectivity index (χ3v) is 6.05. The van der Waals surface area contributed by atoms with Crippen molar-refractivity contribution in [3.63, 3.8) is 0 Å². The van der Waals surface area contributed by atoms with Gasteiger partial charge < -0.3 is 10.6 Å². The molecular weight excluding hydrogens is 422 g/mol. The van der Waals surface area contributed by atoms with Gasteiger partial charge in [0.15, 0.2) is 5.82 Å². The standard InChI is InChI=1S/C23H23N7OS/c1-15-8-7-9-16(2)22(15)31-13-21-26-27-23(29(21)25)32-14-20-19(12-24)17(3)28-30(20)18-10-5-4-6-11-18/h4-11H,13-14,25H2,1-3H3. The fourth-order valence-electron chi connectivity index (χ4n) is 3.44. The molecule has 4 rings (SSSR count). The molecule has 4 aromatic rings. The second-order valence-corrected chi connectivity index (χ2v) is 8.28. The lowest BCUT2D eigenvalue weighted by molar-refractivity contribution is 0.288. The van der Waals surface area contributed by atoms with Crippen LogP contribution in [0.4, 0.5) is 0 Å². The molecule has 0 spiro atoms. The number of thioether (sulfide) groups is 1. The van der Waals surface area contributed by atoms with Crippen LogP contribution in [0.1, 0.15) is 33.9 Å². The number of benzene rings is 2. The molecule has 32 heavy (non-hydrogen) atoms. The van der Waals surface area contributed by atoms with E-state index in [1.54, 1.807) is 4.68 Å². The normalized spacial score (nSPS) is 10.8. The van der Waals surface area contributed by atoms with Crippen molar-refractivity contribution in [1.82, 2.24) is 24.7 Å². The van der Waals surface area contributed by atoms with Crippen molar-refractivity contribution >= 4 is 11.8 Å². The molecule has 2 N–H and O–H groups in total. The Morgan fingerprint density at radius 1 is 1.03 bits per heavy atom. The average molecular weight is 446 g/mol. The molecule has 8 nitrogen and oxygen atoms in total. The number of rotatable bonds is 7. The predicted molar refractivity (Wildman–Crippen MR) is 123 cm³/mol. The topological polar surface area (TPSA) is 108 Å². The maximum absolute atomic E-state index is 9.65. The van der Waals surface area contributed by atoms with Gasteiger partial charge in [0.25, 0.3) is 0 Å². The molecule has 2 aromatic carbocycles. The van der Waals surface area contributed by atoms with Crippen LogP contribution in [0, 0.1) is 32.1 Å². The zero-order chi connectivity index (χ0) is 22.7. The molecule has 2 aromatic heterocycles. The van der Waals surface area contributed by atoms with E-state index in [4.69, 9.17) is 10.6 Å². The molecule has 0 saturated heterocycles. The molecule has 162 valence electrons. The van der Waals surface area contributed by atoms with Crippen molar-refractivity contribution in [1.29, 1.82) is 5.26 Å². The molecular formula is C23H23N7OS. The van der Waals surface area contributed by atoms with E-state index in [1.165, 1.54) is 16.4 Å². The molecule has 0 unspecified atom stereocenters. The number of nitrogen functional groups attached to an aromatic ring is 1. The largest absolute Gasteiger partial charge is 0.485 e. The van der Waals surface area contributed by atoms with Gasteiger partial charge in [-0.3, -0.25) is 0 Å². The number of ether oxygens (including phenoxy) is 1. The second-order valence-electron chi connectivity index (χ2n) is 7.33. The van der Waals surface area contributed by atoms with Crippen molar-refractivity contribution in [2.45, 2.75) is 38.3 Å².